The van der Waals surface area contributed by atoms with Crippen molar-refractivity contribution >= 4 is 11.9 Å². The Bertz CT molecular complexity index is 885. The van der Waals surface area contributed by atoms with E-state index in [2.05, 4.69) is 5.32 Å². The molecule has 0 radical (unpaired) electrons. The Morgan fingerprint density at radius 2 is 1.84 bits per heavy atom. The highest BCUT2D eigenvalue weighted by molar-refractivity contribution is 6.07. The molecule has 3 atom stereocenters. The number of carbonyl (C=O) groups excluding carboxylic acids is 2. The van der Waals surface area contributed by atoms with E-state index in [0.717, 1.165) is 29.9 Å². The molecule has 2 aromatic carbocycles. The molecule has 0 aromatic heterocycles. The van der Waals surface area contributed by atoms with E-state index < -0.39 is 17.7 Å². The number of ether oxygens (including phenoxy) is 2. The van der Waals surface area contributed by atoms with Gasteiger partial charge in [0.1, 0.15) is 0 Å². The number of nitrogens with one attached hydrogen (secondary N) is 1. The van der Waals surface area contributed by atoms with Gasteiger partial charge in [0, 0.05) is 13.0 Å². The molecule has 0 aliphatic carbocycles. The largest absolute Gasteiger partial charge is 0.389 e. The minimum absolute atomic E-state index is 0.0357. The zero-order valence-electron chi connectivity index (χ0n) is 17.4. The van der Waals surface area contributed by atoms with Crippen molar-refractivity contribution < 1.29 is 24.2 Å². The van der Waals surface area contributed by atoms with Gasteiger partial charge in [-0.2, -0.15) is 0 Å². The molecule has 2 fully saturated rings. The maximum atomic E-state index is 13.5. The number of aliphatic hydroxyl groups is 1. The first-order valence-electron chi connectivity index (χ1n) is 10.7. The summed E-state index contributed by atoms with van der Waals surface area (Å²) >= 11 is 0. The lowest BCUT2D eigenvalue weighted by atomic mass is 9.83. The van der Waals surface area contributed by atoms with Crippen LogP contribution >= 0.6 is 0 Å². The second-order valence-corrected chi connectivity index (χ2v) is 8.11. The van der Waals surface area contributed by atoms with Crippen LogP contribution in [0.1, 0.15) is 24.0 Å². The number of hydrogen-bond acceptors (Lipinski definition) is 5. The van der Waals surface area contributed by atoms with Crippen LogP contribution in [0.25, 0.3) is 0 Å². The highest BCUT2D eigenvalue weighted by atomic mass is 16.5. The van der Waals surface area contributed by atoms with Crippen LogP contribution in [0.5, 0.6) is 0 Å². The molecule has 2 saturated heterocycles. The third kappa shape index (κ3) is 4.79. The summed E-state index contributed by atoms with van der Waals surface area (Å²) in [6.07, 6.45) is 1.37. The van der Waals surface area contributed by atoms with E-state index in [1.807, 2.05) is 60.7 Å². The molecule has 2 N–H and O–H groups in total. The quantitative estimate of drug-likeness (QED) is 0.603. The molecule has 0 bridgehead atoms. The van der Waals surface area contributed by atoms with Gasteiger partial charge in [-0.25, -0.2) is 4.79 Å². The predicted octanol–water partition coefficient (Wildman–Crippen LogP) is 2.23. The van der Waals surface area contributed by atoms with E-state index in [4.69, 9.17) is 9.47 Å². The standard InChI is InChI=1S/C24H28N2O5/c27-20(16-30-17-21-12-7-13-31-21)15-26-22(28)24(25-23(26)29,19-10-5-2-6-11-19)14-18-8-3-1-4-9-18/h1-6,8-11,20-21,27H,7,12-17H2,(H,25,29)/t20-,21-,24+/m0/s1. The molecule has 7 nitrogen and oxygen atoms in total. The van der Waals surface area contributed by atoms with E-state index in [1.165, 1.54) is 0 Å². The van der Waals surface area contributed by atoms with Crippen LogP contribution in [0.15, 0.2) is 60.7 Å². The van der Waals surface area contributed by atoms with Crippen molar-refractivity contribution in [3.05, 3.63) is 71.8 Å². The second-order valence-electron chi connectivity index (χ2n) is 8.11. The van der Waals surface area contributed by atoms with Crippen molar-refractivity contribution in [2.75, 3.05) is 26.4 Å². The highest BCUT2D eigenvalue weighted by Gasteiger charge is 2.52. The number of benzene rings is 2. The summed E-state index contributed by atoms with van der Waals surface area (Å²) in [6, 6.07) is 18.3. The van der Waals surface area contributed by atoms with Gasteiger partial charge in [0.05, 0.1) is 32.0 Å². The molecule has 2 heterocycles. The summed E-state index contributed by atoms with van der Waals surface area (Å²) in [5, 5.41) is 13.3. The Balaban J connectivity index is 1.47. The van der Waals surface area contributed by atoms with E-state index in [1.54, 1.807) is 0 Å². The third-order valence-electron chi connectivity index (χ3n) is 5.79. The summed E-state index contributed by atoms with van der Waals surface area (Å²) in [4.78, 5) is 27.4. The van der Waals surface area contributed by atoms with Crippen LogP contribution in [0.4, 0.5) is 4.79 Å². The fourth-order valence-electron chi connectivity index (χ4n) is 4.21. The number of hydrogen-bond donors (Lipinski definition) is 2. The fraction of sp³-hybridized carbons (Fsp3) is 0.417. The first-order valence-corrected chi connectivity index (χ1v) is 10.7. The number of urea groups is 1. The number of rotatable bonds is 9. The summed E-state index contributed by atoms with van der Waals surface area (Å²) in [5.74, 6) is -0.370. The van der Waals surface area contributed by atoms with Gasteiger partial charge >= 0.3 is 6.03 Å². The first-order chi connectivity index (χ1) is 15.1. The van der Waals surface area contributed by atoms with Crippen molar-refractivity contribution in [2.24, 2.45) is 0 Å². The van der Waals surface area contributed by atoms with Gasteiger partial charge in [0.15, 0.2) is 5.54 Å². The van der Waals surface area contributed by atoms with Gasteiger partial charge in [0.25, 0.3) is 5.91 Å². The Labute approximate surface area is 182 Å². The summed E-state index contributed by atoms with van der Waals surface area (Å²) in [5.41, 5.74) is 0.434. The van der Waals surface area contributed by atoms with Gasteiger partial charge in [-0.05, 0) is 24.0 Å². The average molecular weight is 424 g/mol. The lowest BCUT2D eigenvalue weighted by molar-refractivity contribution is -0.133. The SMILES string of the molecule is O=C1N[C@](Cc2ccccc2)(c2ccccc2)C(=O)N1C[C@H](O)COC[C@@H]1CCCO1. The van der Waals surface area contributed by atoms with Crippen LogP contribution < -0.4 is 5.32 Å². The Morgan fingerprint density at radius 3 is 2.52 bits per heavy atom. The molecule has 7 heteroatoms. The van der Waals surface area contributed by atoms with Crippen molar-refractivity contribution in [3.8, 4) is 0 Å². The second kappa shape index (κ2) is 9.60. The smallest absolute Gasteiger partial charge is 0.325 e. The molecular weight excluding hydrogens is 396 g/mol. The monoisotopic (exact) mass is 424 g/mol. The summed E-state index contributed by atoms with van der Waals surface area (Å²) < 4.78 is 11.0. The van der Waals surface area contributed by atoms with Gasteiger partial charge in [-0.15, -0.1) is 0 Å². The lowest BCUT2D eigenvalue weighted by Crippen LogP contribution is -2.46. The summed E-state index contributed by atoms with van der Waals surface area (Å²) in [7, 11) is 0. The van der Waals surface area contributed by atoms with E-state index in [0.29, 0.717) is 18.6 Å². The van der Waals surface area contributed by atoms with Crippen LogP contribution in [0.3, 0.4) is 0 Å². The average Bonchev–Trinajstić information content (AvgIpc) is 3.38. The first kappa shape index (κ1) is 21.5. The maximum Gasteiger partial charge on any atom is 0.325 e. The van der Waals surface area contributed by atoms with Crippen LogP contribution in [-0.4, -0.2) is 60.5 Å². The predicted molar refractivity (Wildman–Crippen MR) is 114 cm³/mol. The minimum atomic E-state index is -1.21. The zero-order chi connectivity index (χ0) is 21.7. The molecule has 2 aliphatic heterocycles. The Kier molecular flexibility index (Phi) is 6.65. The van der Waals surface area contributed by atoms with Crippen LogP contribution in [0, 0.1) is 0 Å². The molecule has 3 amide bonds. The fourth-order valence-corrected chi connectivity index (χ4v) is 4.21. The third-order valence-corrected chi connectivity index (χ3v) is 5.79. The summed E-state index contributed by atoms with van der Waals surface area (Å²) in [6.45, 7) is 1.05. The Hall–Kier alpha value is -2.74. The molecule has 31 heavy (non-hydrogen) atoms. The maximum absolute atomic E-state index is 13.5. The number of β-amino-alcohol motifs (C(OH)–C–C–N with tert-alkyl or cyclic N) is 1. The lowest BCUT2D eigenvalue weighted by Gasteiger charge is -2.28. The van der Waals surface area contributed by atoms with E-state index >= 15 is 0 Å². The molecule has 2 aromatic rings. The number of nitrogens with zero attached hydrogens (tertiary/aromatic N) is 1. The topological polar surface area (TPSA) is 88.1 Å². The van der Waals surface area contributed by atoms with E-state index in [-0.39, 0.29) is 25.2 Å². The minimum Gasteiger partial charge on any atom is -0.389 e. The van der Waals surface area contributed by atoms with Gasteiger partial charge < -0.3 is 19.9 Å². The molecule has 4 rings (SSSR count). The van der Waals surface area contributed by atoms with Crippen molar-refractivity contribution in [1.82, 2.24) is 10.2 Å². The van der Waals surface area contributed by atoms with Crippen LogP contribution in [-0.2, 0) is 26.2 Å². The molecule has 0 unspecified atom stereocenters. The van der Waals surface area contributed by atoms with E-state index in [9.17, 15) is 14.7 Å². The molecular formula is C24H28N2O5. The van der Waals surface area contributed by atoms with Crippen molar-refractivity contribution in [3.63, 3.8) is 0 Å². The molecule has 2 aliphatic rings. The molecule has 0 saturated carbocycles. The molecule has 0 spiro atoms. The number of aliphatic hydroxyl groups excluding tert-OH is 1. The molecule has 164 valence electrons. The van der Waals surface area contributed by atoms with Gasteiger partial charge in [-0.1, -0.05) is 60.7 Å². The van der Waals surface area contributed by atoms with Crippen molar-refractivity contribution in [1.29, 1.82) is 0 Å². The van der Waals surface area contributed by atoms with Crippen LogP contribution in [0.2, 0.25) is 0 Å². The van der Waals surface area contributed by atoms with Gasteiger partial charge in [-0.3, -0.25) is 9.69 Å². The van der Waals surface area contributed by atoms with Gasteiger partial charge in [0.2, 0.25) is 0 Å². The normalized spacial score (nSPS) is 24.4. The zero-order valence-corrected chi connectivity index (χ0v) is 17.4. The number of imide groups is 1. The number of amides is 3. The number of carbonyl (C=O) groups is 2. The Morgan fingerprint density at radius 1 is 1.13 bits per heavy atom. The highest BCUT2D eigenvalue weighted by Crippen LogP contribution is 2.33. The van der Waals surface area contributed by atoms with Crippen molar-refractivity contribution in [2.45, 2.75) is 37.0 Å².